The van der Waals surface area contributed by atoms with Gasteiger partial charge in [0.1, 0.15) is 6.61 Å². The van der Waals surface area contributed by atoms with Crippen molar-refractivity contribution in [2.45, 2.75) is 44.6 Å². The molecule has 0 radical (unpaired) electrons. The van der Waals surface area contributed by atoms with Crippen LogP contribution in [0.2, 0.25) is 0 Å². The number of sulfonamides is 1. The van der Waals surface area contributed by atoms with Crippen molar-refractivity contribution in [2.24, 2.45) is 10.7 Å². The van der Waals surface area contributed by atoms with E-state index in [0.717, 1.165) is 61.5 Å². The Morgan fingerprint density at radius 2 is 1.84 bits per heavy atom. The highest BCUT2D eigenvalue weighted by molar-refractivity contribution is 7.94. The zero-order chi connectivity index (χ0) is 22.2. The number of likely N-dealkylation sites (N-methyl/N-ethyl adjacent to an activating group) is 1. The highest BCUT2D eigenvalue weighted by atomic mass is 32.2. The van der Waals surface area contributed by atoms with Gasteiger partial charge in [-0.1, -0.05) is 6.07 Å². The number of urea groups is 1. The third kappa shape index (κ3) is 4.27. The van der Waals surface area contributed by atoms with E-state index < -0.39 is 16.1 Å². The van der Waals surface area contributed by atoms with E-state index in [-0.39, 0.29) is 23.5 Å². The number of fused-ring (bicyclic) bond motifs is 2. The lowest BCUT2D eigenvalue weighted by molar-refractivity contribution is 0.167. The minimum atomic E-state index is -4.25. The van der Waals surface area contributed by atoms with Crippen molar-refractivity contribution in [1.29, 1.82) is 0 Å². The van der Waals surface area contributed by atoms with E-state index in [1.165, 1.54) is 11.1 Å². The van der Waals surface area contributed by atoms with E-state index >= 15 is 0 Å². The molecule has 3 aliphatic rings. The van der Waals surface area contributed by atoms with Crippen LogP contribution in [0.3, 0.4) is 0 Å². The number of ether oxygens (including phenoxy) is 1. The van der Waals surface area contributed by atoms with Gasteiger partial charge in [-0.3, -0.25) is 0 Å². The molecule has 168 valence electrons. The number of hydrogen-bond acceptors (Lipinski definition) is 7. The quantitative estimate of drug-likeness (QED) is 0.624. The Balaban J connectivity index is 1.51. The normalized spacial score (nSPS) is 20.7. The first-order chi connectivity index (χ1) is 14.8. The smallest absolute Gasteiger partial charge is 0.333 e. The predicted octanol–water partition coefficient (Wildman–Crippen LogP) is 1.27. The van der Waals surface area contributed by atoms with Crippen LogP contribution in [0.1, 0.15) is 35.1 Å². The van der Waals surface area contributed by atoms with Gasteiger partial charge in [-0.05, 0) is 74.9 Å². The Morgan fingerprint density at radius 1 is 1.19 bits per heavy atom. The van der Waals surface area contributed by atoms with Crippen molar-refractivity contribution >= 4 is 27.6 Å². The second-order valence-electron chi connectivity index (χ2n) is 8.40. The van der Waals surface area contributed by atoms with E-state index in [9.17, 15) is 13.2 Å². The second kappa shape index (κ2) is 8.51. The number of benzene rings is 1. The Labute approximate surface area is 182 Å². The second-order valence-corrected chi connectivity index (χ2v) is 10.0. The SMILES string of the molecule is CN(C)[C@H]1CN=C(C(=CN)S(=O)(=O)NC(=O)Nc2c3c(cc4c2CCC4)CCC3)OC1. The number of carbonyl (C=O) groups is 1. The van der Waals surface area contributed by atoms with Gasteiger partial charge in [-0.15, -0.1) is 0 Å². The van der Waals surface area contributed by atoms with E-state index in [0.29, 0.717) is 6.54 Å². The molecular weight excluding hydrogens is 418 g/mol. The van der Waals surface area contributed by atoms with Gasteiger partial charge in [0.2, 0.25) is 5.90 Å². The Morgan fingerprint density at radius 3 is 2.35 bits per heavy atom. The van der Waals surface area contributed by atoms with Crippen LogP contribution in [0, 0.1) is 0 Å². The molecule has 4 N–H and O–H groups in total. The molecule has 0 spiro atoms. The van der Waals surface area contributed by atoms with Crippen molar-refractivity contribution in [3.05, 3.63) is 39.4 Å². The summed E-state index contributed by atoms with van der Waals surface area (Å²) in [7, 11) is -0.459. The first-order valence-corrected chi connectivity index (χ1v) is 12.0. The number of rotatable bonds is 5. The molecule has 1 aromatic carbocycles. The third-order valence-corrected chi connectivity index (χ3v) is 7.52. The number of aryl methyl sites for hydroxylation is 2. The molecule has 0 saturated heterocycles. The fourth-order valence-electron chi connectivity index (χ4n) is 4.48. The molecule has 0 saturated carbocycles. The van der Waals surface area contributed by atoms with Crippen molar-refractivity contribution in [2.75, 3.05) is 32.6 Å². The molecule has 1 heterocycles. The van der Waals surface area contributed by atoms with Gasteiger partial charge in [0, 0.05) is 11.9 Å². The molecule has 0 unspecified atom stereocenters. The first-order valence-electron chi connectivity index (χ1n) is 10.6. The number of nitrogens with zero attached hydrogens (tertiary/aromatic N) is 2. The van der Waals surface area contributed by atoms with E-state index in [1.54, 1.807) is 0 Å². The summed E-state index contributed by atoms with van der Waals surface area (Å²) in [5.41, 5.74) is 11.1. The predicted molar refractivity (Wildman–Crippen MR) is 120 cm³/mol. The molecule has 9 nitrogen and oxygen atoms in total. The molecule has 2 aliphatic carbocycles. The summed E-state index contributed by atoms with van der Waals surface area (Å²) in [6.45, 7) is 0.664. The van der Waals surface area contributed by atoms with Gasteiger partial charge in [0.25, 0.3) is 10.0 Å². The molecule has 31 heavy (non-hydrogen) atoms. The lowest BCUT2D eigenvalue weighted by atomic mass is 9.99. The number of carbonyl (C=O) groups excluding carboxylic acids is 1. The number of amides is 2. The number of hydrogen-bond donors (Lipinski definition) is 3. The average Bonchev–Trinajstić information content (AvgIpc) is 3.37. The zero-order valence-corrected chi connectivity index (χ0v) is 18.7. The zero-order valence-electron chi connectivity index (χ0n) is 17.9. The van der Waals surface area contributed by atoms with Crippen molar-refractivity contribution in [3.8, 4) is 0 Å². The van der Waals surface area contributed by atoms with Crippen molar-refractivity contribution < 1.29 is 17.9 Å². The van der Waals surface area contributed by atoms with Crippen LogP contribution >= 0.6 is 0 Å². The molecule has 0 aromatic heterocycles. The summed E-state index contributed by atoms with van der Waals surface area (Å²) in [5, 5.41) is 2.82. The third-order valence-electron chi connectivity index (χ3n) is 6.18. The Kier molecular flexibility index (Phi) is 5.94. The van der Waals surface area contributed by atoms with E-state index in [4.69, 9.17) is 10.5 Å². The standard InChI is InChI=1S/C21H29N5O4S/c1-26(2)15-11-23-20(30-12-15)18(10-22)31(28,29)25-21(27)24-19-16-7-3-5-13(16)9-14-6-4-8-17(14)19/h9-10,15H,3-8,11-12,22H2,1-2H3,(H2,24,25,27)/t15-/m0/s1. The van der Waals surface area contributed by atoms with Crippen molar-refractivity contribution in [1.82, 2.24) is 9.62 Å². The highest BCUT2D eigenvalue weighted by Crippen LogP contribution is 2.38. The molecule has 0 bridgehead atoms. The molecule has 1 atom stereocenters. The van der Waals surface area contributed by atoms with Gasteiger partial charge < -0.3 is 20.7 Å². The highest BCUT2D eigenvalue weighted by Gasteiger charge is 2.31. The summed E-state index contributed by atoms with van der Waals surface area (Å²) < 4.78 is 33.3. The fourth-order valence-corrected chi connectivity index (χ4v) is 5.42. The summed E-state index contributed by atoms with van der Waals surface area (Å²) in [5.74, 6) is -0.0811. The van der Waals surface area contributed by atoms with Gasteiger partial charge >= 0.3 is 6.03 Å². The topological polar surface area (TPSA) is 126 Å². The maximum Gasteiger partial charge on any atom is 0.333 e. The summed E-state index contributed by atoms with van der Waals surface area (Å²) in [6, 6.07) is 1.49. The average molecular weight is 448 g/mol. The lowest BCUT2D eigenvalue weighted by Crippen LogP contribution is -2.42. The Bertz CT molecular complexity index is 1030. The van der Waals surface area contributed by atoms with Crippen LogP contribution in [-0.2, 0) is 40.4 Å². The minimum absolute atomic E-state index is 0.0454. The van der Waals surface area contributed by atoms with Gasteiger partial charge in [0.15, 0.2) is 4.91 Å². The van der Waals surface area contributed by atoms with Crippen LogP contribution < -0.4 is 15.8 Å². The molecule has 4 rings (SSSR count). The van der Waals surface area contributed by atoms with Crippen LogP contribution in [0.15, 0.2) is 22.2 Å². The summed E-state index contributed by atoms with van der Waals surface area (Å²) >= 11 is 0. The van der Waals surface area contributed by atoms with Crippen LogP contribution in [0.4, 0.5) is 10.5 Å². The molecule has 0 fully saturated rings. The monoisotopic (exact) mass is 447 g/mol. The van der Waals surface area contributed by atoms with Crippen LogP contribution in [-0.4, -0.2) is 58.5 Å². The number of aliphatic imine (C=N–C) groups is 1. The molecule has 1 aromatic rings. The van der Waals surface area contributed by atoms with E-state index in [2.05, 4.69) is 21.1 Å². The summed E-state index contributed by atoms with van der Waals surface area (Å²) in [4.78, 5) is 18.5. The number of nitrogens with one attached hydrogen (secondary N) is 2. The first kappa shape index (κ1) is 21.6. The minimum Gasteiger partial charge on any atom is -0.475 e. The molecular formula is C21H29N5O4S. The maximum absolute atomic E-state index is 12.9. The van der Waals surface area contributed by atoms with Crippen molar-refractivity contribution in [3.63, 3.8) is 0 Å². The largest absolute Gasteiger partial charge is 0.475 e. The van der Waals surface area contributed by atoms with E-state index in [1.807, 2.05) is 19.0 Å². The Hall–Kier alpha value is -2.59. The molecule has 2 amide bonds. The summed E-state index contributed by atoms with van der Waals surface area (Å²) in [6.07, 6.45) is 6.73. The van der Waals surface area contributed by atoms with Crippen LogP contribution in [0.25, 0.3) is 0 Å². The van der Waals surface area contributed by atoms with Gasteiger partial charge in [-0.25, -0.2) is 22.9 Å². The molecule has 1 aliphatic heterocycles. The fraction of sp³-hybridized carbons (Fsp3) is 0.524. The van der Waals surface area contributed by atoms with Gasteiger partial charge in [-0.2, -0.15) is 0 Å². The maximum atomic E-state index is 12.9. The number of nitrogens with two attached hydrogens (primary N) is 1. The number of anilines is 1. The lowest BCUT2D eigenvalue weighted by Gasteiger charge is -2.27. The van der Waals surface area contributed by atoms with Crippen LogP contribution in [0.5, 0.6) is 0 Å². The molecule has 10 heteroatoms. The van der Waals surface area contributed by atoms with Gasteiger partial charge in [0.05, 0.1) is 12.6 Å².